The molecule has 19 heavy (non-hydrogen) atoms. The highest BCUT2D eigenvalue weighted by Gasteiger charge is 2.32. The lowest BCUT2D eigenvalue weighted by Gasteiger charge is -2.27. The van der Waals surface area contributed by atoms with Gasteiger partial charge in [0.25, 0.3) is 0 Å². The number of carbonyl (C=O) groups excluding carboxylic acids is 1. The molecule has 1 amide bonds. The quantitative estimate of drug-likeness (QED) is 0.811. The Labute approximate surface area is 124 Å². The molecule has 0 radical (unpaired) electrons. The first-order valence-corrected chi connectivity index (χ1v) is 7.33. The second kappa shape index (κ2) is 8.77. The van der Waals surface area contributed by atoms with E-state index in [1.165, 1.54) is 0 Å². The normalized spacial score (nSPS) is 22.2. The van der Waals surface area contributed by atoms with Crippen LogP contribution in [0.3, 0.4) is 0 Å². The van der Waals surface area contributed by atoms with Crippen LogP contribution in [0.1, 0.15) is 40.5 Å². The van der Waals surface area contributed by atoms with Gasteiger partial charge in [-0.2, -0.15) is 0 Å². The van der Waals surface area contributed by atoms with E-state index in [-0.39, 0.29) is 30.3 Å². The van der Waals surface area contributed by atoms with Gasteiger partial charge in [0.2, 0.25) is 5.91 Å². The van der Waals surface area contributed by atoms with Crippen LogP contribution in [0.2, 0.25) is 0 Å². The fraction of sp³-hybridized carbons (Fsp3) is 0.929. The molecule has 1 aliphatic rings. The largest absolute Gasteiger partial charge is 0.340 e. The molecule has 0 aromatic rings. The van der Waals surface area contributed by atoms with Gasteiger partial charge in [-0.3, -0.25) is 9.69 Å². The number of hydrogen-bond donors (Lipinski definition) is 1. The highest BCUT2D eigenvalue weighted by molar-refractivity contribution is 5.85. The molecule has 0 spiro atoms. The minimum Gasteiger partial charge on any atom is -0.340 e. The van der Waals surface area contributed by atoms with Crippen molar-refractivity contribution >= 4 is 18.3 Å². The summed E-state index contributed by atoms with van der Waals surface area (Å²) in [5, 5.41) is 0. The van der Waals surface area contributed by atoms with Gasteiger partial charge in [-0.25, -0.2) is 0 Å². The predicted molar refractivity (Wildman–Crippen MR) is 82.6 cm³/mol. The lowest BCUT2D eigenvalue weighted by atomic mass is 9.99. The number of halogens is 1. The summed E-state index contributed by atoms with van der Waals surface area (Å²) in [4.78, 5) is 16.7. The number of amides is 1. The van der Waals surface area contributed by atoms with Gasteiger partial charge >= 0.3 is 0 Å². The van der Waals surface area contributed by atoms with Crippen molar-refractivity contribution in [2.24, 2.45) is 11.7 Å². The molecule has 0 aromatic carbocycles. The van der Waals surface area contributed by atoms with E-state index in [0.717, 1.165) is 39.0 Å². The first kappa shape index (κ1) is 18.7. The molecule has 2 N–H and O–H groups in total. The molecule has 1 rings (SSSR count). The van der Waals surface area contributed by atoms with E-state index < -0.39 is 0 Å². The number of carbonyl (C=O) groups is 1. The molecular formula is C14H30ClN3O. The van der Waals surface area contributed by atoms with E-state index in [9.17, 15) is 4.79 Å². The van der Waals surface area contributed by atoms with Gasteiger partial charge in [-0.15, -0.1) is 12.4 Å². The van der Waals surface area contributed by atoms with Gasteiger partial charge in [-0.1, -0.05) is 34.1 Å². The van der Waals surface area contributed by atoms with Gasteiger partial charge in [0.15, 0.2) is 0 Å². The molecule has 3 atom stereocenters. The SMILES string of the molecule is CCC(C)C(N)C(=O)N1CCC(N(CC)CC)C1.Cl. The standard InChI is InChI=1S/C14H29N3O.ClH/c1-5-11(4)13(15)14(18)17-9-8-12(10-17)16(6-2)7-3;/h11-13H,5-10,15H2,1-4H3;1H. The van der Waals surface area contributed by atoms with Crippen molar-refractivity contribution in [3.05, 3.63) is 0 Å². The molecule has 1 aliphatic heterocycles. The summed E-state index contributed by atoms with van der Waals surface area (Å²) < 4.78 is 0. The van der Waals surface area contributed by atoms with Gasteiger partial charge in [-0.05, 0) is 25.4 Å². The van der Waals surface area contributed by atoms with Gasteiger partial charge in [0.05, 0.1) is 6.04 Å². The van der Waals surface area contributed by atoms with E-state index in [2.05, 4.69) is 32.6 Å². The summed E-state index contributed by atoms with van der Waals surface area (Å²) in [6.45, 7) is 12.3. The molecule has 1 fully saturated rings. The van der Waals surface area contributed by atoms with Crippen molar-refractivity contribution in [3.8, 4) is 0 Å². The lowest BCUT2D eigenvalue weighted by molar-refractivity contribution is -0.132. The molecule has 0 bridgehead atoms. The number of likely N-dealkylation sites (tertiary alicyclic amines) is 1. The molecule has 3 unspecified atom stereocenters. The average Bonchev–Trinajstić information content (AvgIpc) is 2.87. The van der Waals surface area contributed by atoms with Crippen LogP contribution in [0.5, 0.6) is 0 Å². The maximum Gasteiger partial charge on any atom is 0.239 e. The van der Waals surface area contributed by atoms with Crippen molar-refractivity contribution in [1.29, 1.82) is 0 Å². The number of hydrogen-bond acceptors (Lipinski definition) is 3. The number of nitrogens with two attached hydrogens (primary N) is 1. The third-order valence-electron chi connectivity index (χ3n) is 4.35. The van der Waals surface area contributed by atoms with Crippen LogP contribution in [0.4, 0.5) is 0 Å². The van der Waals surface area contributed by atoms with E-state index in [1.54, 1.807) is 0 Å². The predicted octanol–water partition coefficient (Wildman–Crippen LogP) is 1.72. The molecule has 0 saturated carbocycles. The summed E-state index contributed by atoms with van der Waals surface area (Å²) >= 11 is 0. The molecular weight excluding hydrogens is 262 g/mol. The Morgan fingerprint density at radius 3 is 2.42 bits per heavy atom. The fourth-order valence-electron chi connectivity index (χ4n) is 2.69. The van der Waals surface area contributed by atoms with Crippen LogP contribution in [-0.2, 0) is 4.79 Å². The number of nitrogens with zero attached hydrogens (tertiary/aromatic N) is 2. The maximum absolute atomic E-state index is 12.3. The molecule has 5 heteroatoms. The van der Waals surface area contributed by atoms with E-state index in [1.807, 2.05) is 4.90 Å². The Morgan fingerprint density at radius 1 is 1.37 bits per heavy atom. The summed E-state index contributed by atoms with van der Waals surface area (Å²) in [5.74, 6) is 0.406. The van der Waals surface area contributed by atoms with Gasteiger partial charge < -0.3 is 10.6 Å². The van der Waals surface area contributed by atoms with E-state index in [4.69, 9.17) is 5.73 Å². The minimum absolute atomic E-state index is 0. The monoisotopic (exact) mass is 291 g/mol. The summed E-state index contributed by atoms with van der Waals surface area (Å²) in [6, 6.07) is 0.193. The van der Waals surface area contributed by atoms with E-state index in [0.29, 0.717) is 6.04 Å². The first-order chi connectivity index (χ1) is 8.54. The van der Waals surface area contributed by atoms with Crippen LogP contribution in [0, 0.1) is 5.92 Å². The van der Waals surface area contributed by atoms with Crippen LogP contribution >= 0.6 is 12.4 Å². The van der Waals surface area contributed by atoms with Crippen LogP contribution in [-0.4, -0.2) is 54.0 Å². The smallest absolute Gasteiger partial charge is 0.239 e. The molecule has 1 saturated heterocycles. The lowest BCUT2D eigenvalue weighted by Crippen LogP contribution is -2.47. The topological polar surface area (TPSA) is 49.6 Å². The zero-order valence-corrected chi connectivity index (χ0v) is 13.6. The Hall–Kier alpha value is -0.320. The Balaban J connectivity index is 0.00000324. The second-order valence-corrected chi connectivity index (χ2v) is 5.36. The Kier molecular flexibility index (Phi) is 8.62. The van der Waals surface area contributed by atoms with Crippen molar-refractivity contribution in [2.45, 2.75) is 52.6 Å². The van der Waals surface area contributed by atoms with Crippen molar-refractivity contribution in [2.75, 3.05) is 26.2 Å². The third-order valence-corrected chi connectivity index (χ3v) is 4.35. The van der Waals surface area contributed by atoms with Gasteiger partial charge in [0.1, 0.15) is 0 Å². The second-order valence-electron chi connectivity index (χ2n) is 5.36. The van der Waals surface area contributed by atoms with E-state index >= 15 is 0 Å². The Morgan fingerprint density at radius 2 is 1.95 bits per heavy atom. The summed E-state index contributed by atoms with van der Waals surface area (Å²) in [5.41, 5.74) is 6.03. The Bertz CT molecular complexity index is 271. The fourth-order valence-corrected chi connectivity index (χ4v) is 2.69. The van der Waals surface area contributed by atoms with Crippen LogP contribution in [0.25, 0.3) is 0 Å². The first-order valence-electron chi connectivity index (χ1n) is 7.33. The van der Waals surface area contributed by atoms with Crippen LogP contribution < -0.4 is 5.73 Å². The molecule has 4 nitrogen and oxygen atoms in total. The minimum atomic E-state index is -0.328. The zero-order valence-electron chi connectivity index (χ0n) is 12.8. The van der Waals surface area contributed by atoms with Crippen molar-refractivity contribution < 1.29 is 4.79 Å². The zero-order chi connectivity index (χ0) is 13.7. The molecule has 114 valence electrons. The maximum atomic E-state index is 12.3. The molecule has 0 aliphatic carbocycles. The number of rotatable bonds is 6. The highest BCUT2D eigenvalue weighted by atomic mass is 35.5. The average molecular weight is 292 g/mol. The van der Waals surface area contributed by atoms with Crippen molar-refractivity contribution in [1.82, 2.24) is 9.80 Å². The molecule has 0 aromatic heterocycles. The summed E-state index contributed by atoms with van der Waals surface area (Å²) in [7, 11) is 0. The number of likely N-dealkylation sites (N-methyl/N-ethyl adjacent to an activating group) is 1. The van der Waals surface area contributed by atoms with Crippen LogP contribution in [0.15, 0.2) is 0 Å². The molecule has 1 heterocycles. The third kappa shape index (κ3) is 4.62. The van der Waals surface area contributed by atoms with Gasteiger partial charge in [0, 0.05) is 19.1 Å². The van der Waals surface area contributed by atoms with Crippen molar-refractivity contribution in [3.63, 3.8) is 0 Å². The summed E-state index contributed by atoms with van der Waals surface area (Å²) in [6.07, 6.45) is 2.04. The highest BCUT2D eigenvalue weighted by Crippen LogP contribution is 2.18.